The maximum atomic E-state index is 11.4. The fraction of sp³-hybridized carbons (Fsp3) is 0.222. The van der Waals surface area contributed by atoms with Crippen LogP contribution in [0, 0.1) is 0 Å². The highest BCUT2D eigenvalue weighted by Crippen LogP contribution is 2.16. The van der Waals surface area contributed by atoms with Crippen LogP contribution in [0.2, 0.25) is 0 Å². The molecule has 13 heavy (non-hydrogen) atoms. The van der Waals surface area contributed by atoms with Gasteiger partial charge in [0, 0.05) is 22.3 Å². The van der Waals surface area contributed by atoms with Crippen molar-refractivity contribution in [2.24, 2.45) is 0 Å². The number of anilines is 1. The number of benzene rings is 1. The molecule has 0 saturated heterocycles. The predicted molar refractivity (Wildman–Crippen MR) is 56.6 cm³/mol. The van der Waals surface area contributed by atoms with E-state index in [2.05, 4.69) is 21.2 Å². The van der Waals surface area contributed by atoms with E-state index in [0.717, 1.165) is 4.47 Å². The number of amides is 1. The van der Waals surface area contributed by atoms with E-state index in [9.17, 15) is 4.79 Å². The summed E-state index contributed by atoms with van der Waals surface area (Å²) in [5.41, 5.74) is 6.74. The zero-order valence-electron chi connectivity index (χ0n) is 7.30. The number of hydrogen-bond acceptors (Lipinski definition) is 2. The largest absolute Gasteiger partial charge is 0.399 e. The summed E-state index contributed by atoms with van der Waals surface area (Å²) in [5.74, 6) is -0.101. The Balaban J connectivity index is 2.94. The van der Waals surface area contributed by atoms with Crippen molar-refractivity contribution in [3.8, 4) is 0 Å². The Morgan fingerprint density at radius 1 is 1.54 bits per heavy atom. The minimum Gasteiger partial charge on any atom is -0.399 e. The van der Waals surface area contributed by atoms with Crippen LogP contribution < -0.4 is 11.1 Å². The summed E-state index contributed by atoms with van der Waals surface area (Å²) < 4.78 is 0.814. The van der Waals surface area contributed by atoms with Gasteiger partial charge in [-0.15, -0.1) is 0 Å². The highest BCUT2D eigenvalue weighted by Gasteiger charge is 2.05. The van der Waals surface area contributed by atoms with Gasteiger partial charge in [-0.1, -0.05) is 15.9 Å². The van der Waals surface area contributed by atoms with Crippen LogP contribution in [0.3, 0.4) is 0 Å². The van der Waals surface area contributed by atoms with Gasteiger partial charge in [0.15, 0.2) is 0 Å². The van der Waals surface area contributed by atoms with Crippen LogP contribution in [0.25, 0.3) is 0 Å². The smallest absolute Gasteiger partial charge is 0.251 e. The maximum Gasteiger partial charge on any atom is 0.251 e. The average Bonchev–Trinajstić information content (AvgIpc) is 2.03. The first kappa shape index (κ1) is 10.1. The minimum atomic E-state index is -0.101. The Morgan fingerprint density at radius 3 is 2.77 bits per heavy atom. The fourth-order valence-electron chi connectivity index (χ4n) is 1.01. The molecular weight excluding hydrogens is 232 g/mol. The molecule has 1 rings (SSSR count). The molecule has 3 nitrogen and oxygen atoms in total. The van der Waals surface area contributed by atoms with Crippen LogP contribution in [0.5, 0.6) is 0 Å². The van der Waals surface area contributed by atoms with Crippen molar-refractivity contribution < 1.29 is 4.79 Å². The van der Waals surface area contributed by atoms with E-state index in [1.54, 1.807) is 18.2 Å². The Hall–Kier alpha value is -1.03. The quantitative estimate of drug-likeness (QED) is 0.778. The van der Waals surface area contributed by atoms with Crippen LogP contribution in [-0.4, -0.2) is 12.5 Å². The van der Waals surface area contributed by atoms with Crippen molar-refractivity contribution in [1.82, 2.24) is 5.32 Å². The third kappa shape index (κ3) is 2.73. The van der Waals surface area contributed by atoms with Gasteiger partial charge in [-0.2, -0.15) is 0 Å². The van der Waals surface area contributed by atoms with Gasteiger partial charge in [0.2, 0.25) is 0 Å². The second kappa shape index (κ2) is 4.28. The van der Waals surface area contributed by atoms with Gasteiger partial charge in [-0.05, 0) is 25.1 Å². The van der Waals surface area contributed by atoms with Crippen LogP contribution in [0.1, 0.15) is 17.3 Å². The van der Waals surface area contributed by atoms with E-state index < -0.39 is 0 Å². The Bertz CT molecular complexity index is 305. The van der Waals surface area contributed by atoms with Crippen molar-refractivity contribution in [2.75, 3.05) is 12.3 Å². The molecule has 3 N–H and O–H groups in total. The van der Waals surface area contributed by atoms with E-state index in [4.69, 9.17) is 5.73 Å². The second-order valence-electron chi connectivity index (χ2n) is 2.63. The van der Waals surface area contributed by atoms with Gasteiger partial charge in [-0.3, -0.25) is 4.79 Å². The highest BCUT2D eigenvalue weighted by atomic mass is 79.9. The molecule has 70 valence electrons. The first-order chi connectivity index (χ1) is 6.13. The topological polar surface area (TPSA) is 55.1 Å². The molecule has 0 radical (unpaired) electrons. The third-order valence-corrected chi connectivity index (χ3v) is 1.98. The van der Waals surface area contributed by atoms with E-state index in [-0.39, 0.29) is 5.91 Å². The number of carbonyl (C=O) groups excluding carboxylic acids is 1. The number of hydrogen-bond donors (Lipinski definition) is 2. The number of rotatable bonds is 2. The molecule has 0 aliphatic heterocycles. The molecule has 0 aromatic heterocycles. The van der Waals surface area contributed by atoms with Crippen molar-refractivity contribution in [3.05, 3.63) is 28.2 Å². The number of nitrogens with two attached hydrogens (primary N) is 1. The third-order valence-electron chi connectivity index (χ3n) is 1.52. The molecule has 0 bridgehead atoms. The van der Waals surface area contributed by atoms with Gasteiger partial charge in [-0.25, -0.2) is 0 Å². The van der Waals surface area contributed by atoms with Crippen LogP contribution in [0.4, 0.5) is 5.69 Å². The predicted octanol–water partition coefficient (Wildman–Crippen LogP) is 1.78. The first-order valence-electron chi connectivity index (χ1n) is 3.97. The molecular formula is C9H11BrN2O. The van der Waals surface area contributed by atoms with E-state index in [1.165, 1.54) is 0 Å². The van der Waals surface area contributed by atoms with Gasteiger partial charge < -0.3 is 11.1 Å². The lowest BCUT2D eigenvalue weighted by Crippen LogP contribution is -2.22. The molecule has 0 saturated carbocycles. The van der Waals surface area contributed by atoms with Gasteiger partial charge in [0.05, 0.1) is 0 Å². The molecule has 0 fully saturated rings. The van der Waals surface area contributed by atoms with Gasteiger partial charge >= 0.3 is 0 Å². The molecule has 0 spiro atoms. The molecule has 0 aliphatic carbocycles. The molecule has 4 heteroatoms. The fourth-order valence-corrected chi connectivity index (χ4v) is 1.52. The van der Waals surface area contributed by atoms with Crippen LogP contribution in [-0.2, 0) is 0 Å². The molecule has 1 amide bonds. The second-order valence-corrected chi connectivity index (χ2v) is 3.55. The Labute approximate surface area is 85.4 Å². The Kier molecular flexibility index (Phi) is 3.31. The molecule has 0 aliphatic rings. The highest BCUT2D eigenvalue weighted by molar-refractivity contribution is 9.10. The molecule has 0 heterocycles. The molecule has 0 unspecified atom stereocenters. The van der Waals surface area contributed by atoms with Crippen molar-refractivity contribution in [2.45, 2.75) is 6.92 Å². The van der Waals surface area contributed by atoms with Crippen LogP contribution in [0.15, 0.2) is 22.7 Å². The summed E-state index contributed by atoms with van der Waals surface area (Å²) in [6.45, 7) is 2.49. The number of nitrogen functional groups attached to an aromatic ring is 1. The monoisotopic (exact) mass is 242 g/mol. The Morgan fingerprint density at radius 2 is 2.23 bits per heavy atom. The lowest BCUT2D eigenvalue weighted by molar-refractivity contribution is 0.0956. The number of halogens is 1. The van der Waals surface area contributed by atoms with Crippen molar-refractivity contribution in [1.29, 1.82) is 0 Å². The van der Waals surface area contributed by atoms with Gasteiger partial charge in [0.1, 0.15) is 0 Å². The lowest BCUT2D eigenvalue weighted by atomic mass is 10.2. The van der Waals surface area contributed by atoms with E-state index in [0.29, 0.717) is 17.8 Å². The summed E-state index contributed by atoms with van der Waals surface area (Å²) >= 11 is 3.27. The minimum absolute atomic E-state index is 0.101. The van der Waals surface area contributed by atoms with E-state index >= 15 is 0 Å². The van der Waals surface area contributed by atoms with Crippen LogP contribution >= 0.6 is 15.9 Å². The normalized spacial score (nSPS) is 9.69. The molecule has 0 atom stereocenters. The first-order valence-corrected chi connectivity index (χ1v) is 4.77. The SMILES string of the molecule is CCNC(=O)c1cc(N)cc(Br)c1. The molecule has 1 aromatic rings. The summed E-state index contributed by atoms with van der Waals surface area (Å²) in [6, 6.07) is 5.14. The average molecular weight is 243 g/mol. The zero-order chi connectivity index (χ0) is 9.84. The summed E-state index contributed by atoms with van der Waals surface area (Å²) in [6.07, 6.45) is 0. The molecule has 1 aromatic carbocycles. The van der Waals surface area contributed by atoms with Crippen molar-refractivity contribution in [3.63, 3.8) is 0 Å². The summed E-state index contributed by atoms with van der Waals surface area (Å²) in [4.78, 5) is 11.4. The summed E-state index contributed by atoms with van der Waals surface area (Å²) in [5, 5.41) is 2.70. The maximum absolute atomic E-state index is 11.4. The standard InChI is InChI=1S/C9H11BrN2O/c1-2-12-9(13)6-3-7(10)5-8(11)4-6/h3-5H,2,11H2,1H3,(H,12,13). The van der Waals surface area contributed by atoms with E-state index in [1.807, 2.05) is 6.92 Å². The lowest BCUT2D eigenvalue weighted by Gasteiger charge is -2.03. The van der Waals surface area contributed by atoms with Crippen molar-refractivity contribution >= 4 is 27.5 Å². The number of carbonyl (C=O) groups is 1. The zero-order valence-corrected chi connectivity index (χ0v) is 8.89. The summed E-state index contributed by atoms with van der Waals surface area (Å²) in [7, 11) is 0. The van der Waals surface area contributed by atoms with Gasteiger partial charge in [0.25, 0.3) is 5.91 Å². The number of nitrogens with one attached hydrogen (secondary N) is 1.